The third-order valence-corrected chi connectivity index (χ3v) is 9.73. The van der Waals surface area contributed by atoms with Crippen LogP contribution in [0.3, 0.4) is 0 Å². The van der Waals surface area contributed by atoms with Crippen LogP contribution in [0.4, 0.5) is 11.6 Å². The molecule has 1 atom stereocenters. The normalized spacial score (nSPS) is 23.7. The fraction of sp³-hybridized carbons (Fsp3) is 0.538. The lowest BCUT2D eigenvalue weighted by atomic mass is 9.88. The highest BCUT2D eigenvalue weighted by atomic mass is 79.9. The van der Waals surface area contributed by atoms with Gasteiger partial charge < -0.3 is 20.0 Å². The fourth-order valence-corrected chi connectivity index (χ4v) is 6.91. The average Bonchev–Trinajstić information content (AvgIpc) is 3.77. The lowest BCUT2D eigenvalue weighted by molar-refractivity contribution is 0.0686. The topological polar surface area (TPSA) is 107 Å². The molecule has 36 heavy (non-hydrogen) atoms. The number of piperidine rings is 2. The number of carboxylic acid groups (broad SMARTS) is 2. The number of hydrogen-bond acceptors (Lipinski definition) is 6. The first-order valence-corrected chi connectivity index (χ1v) is 13.7. The molecule has 2 aromatic heterocycles. The number of pyridine rings is 2. The summed E-state index contributed by atoms with van der Waals surface area (Å²) in [6, 6.07) is 4.98. The zero-order chi connectivity index (χ0) is 25.2. The Hall–Kier alpha value is -2.39. The first kappa shape index (κ1) is 24.0. The number of carboxylic acids is 2. The van der Waals surface area contributed by atoms with Crippen LogP contribution in [0.15, 0.2) is 22.8 Å². The van der Waals surface area contributed by atoms with Gasteiger partial charge in [0.1, 0.15) is 32.5 Å². The van der Waals surface area contributed by atoms with E-state index in [9.17, 15) is 19.8 Å². The Kier molecular flexibility index (Phi) is 5.72. The van der Waals surface area contributed by atoms with Gasteiger partial charge in [-0.15, -0.1) is 0 Å². The molecule has 2 aromatic rings. The van der Waals surface area contributed by atoms with Crippen molar-refractivity contribution in [3.05, 3.63) is 44.6 Å². The van der Waals surface area contributed by atoms with Crippen LogP contribution in [0.2, 0.25) is 5.15 Å². The van der Waals surface area contributed by atoms with Crippen LogP contribution in [-0.4, -0.2) is 58.3 Å². The van der Waals surface area contributed by atoms with Crippen LogP contribution >= 0.6 is 27.5 Å². The lowest BCUT2D eigenvalue weighted by Gasteiger charge is -2.35. The van der Waals surface area contributed by atoms with Crippen LogP contribution in [0, 0.1) is 10.8 Å². The van der Waals surface area contributed by atoms with Gasteiger partial charge in [-0.2, -0.15) is 0 Å². The third kappa shape index (κ3) is 4.14. The molecule has 0 radical (unpaired) electrons. The summed E-state index contributed by atoms with van der Waals surface area (Å²) in [5.74, 6) is -0.811. The standard InChI is InChI=1S/C26H28BrClN4O4/c27-19-2-1-15(23(33)34)21(29-19)32-11-7-26(8-12-32)14-18(26)16-13-17(24(35)36)22(30-20(16)28)31-9-5-25(3-4-25)6-10-31/h1-2,13,18H,3-12,14H2,(H,33,34)(H,35,36). The van der Waals surface area contributed by atoms with E-state index in [1.54, 1.807) is 18.2 Å². The molecule has 6 rings (SSSR count). The van der Waals surface area contributed by atoms with Gasteiger partial charge in [0.2, 0.25) is 0 Å². The molecular weight excluding hydrogens is 548 g/mol. The molecule has 8 nitrogen and oxygen atoms in total. The summed E-state index contributed by atoms with van der Waals surface area (Å²) < 4.78 is 0.604. The highest BCUT2D eigenvalue weighted by Gasteiger charge is 2.56. The van der Waals surface area contributed by atoms with E-state index in [1.807, 2.05) is 4.90 Å². The minimum absolute atomic E-state index is 0.0397. The Balaban J connectivity index is 1.20. The second-order valence-corrected chi connectivity index (χ2v) is 12.1. The number of anilines is 2. The molecule has 0 amide bonds. The average molecular weight is 576 g/mol. The first-order chi connectivity index (χ1) is 17.2. The molecule has 4 aliphatic rings. The summed E-state index contributed by atoms with van der Waals surface area (Å²) in [5.41, 5.74) is 1.80. The van der Waals surface area contributed by atoms with Gasteiger partial charge in [-0.05, 0) is 101 Å². The molecule has 0 aromatic carbocycles. The van der Waals surface area contributed by atoms with Gasteiger partial charge in [0.15, 0.2) is 0 Å². The van der Waals surface area contributed by atoms with Crippen molar-refractivity contribution in [3.63, 3.8) is 0 Å². The van der Waals surface area contributed by atoms with Crippen LogP contribution in [0.1, 0.15) is 77.1 Å². The monoisotopic (exact) mass is 574 g/mol. The Labute approximate surface area is 222 Å². The molecule has 10 heteroatoms. The van der Waals surface area contributed by atoms with Crippen LogP contribution in [0.25, 0.3) is 0 Å². The largest absolute Gasteiger partial charge is 0.478 e. The van der Waals surface area contributed by atoms with Crippen LogP contribution in [0.5, 0.6) is 0 Å². The summed E-state index contributed by atoms with van der Waals surface area (Å²) in [6.45, 7) is 3.03. The van der Waals surface area contributed by atoms with Gasteiger partial charge in [-0.25, -0.2) is 19.6 Å². The number of rotatable bonds is 5. The smallest absolute Gasteiger partial charge is 0.339 e. The second-order valence-electron chi connectivity index (χ2n) is 10.9. The molecule has 2 aliphatic heterocycles. The maximum Gasteiger partial charge on any atom is 0.339 e. The summed E-state index contributed by atoms with van der Waals surface area (Å²) >= 11 is 10.1. The Bertz CT molecular complexity index is 1250. The Morgan fingerprint density at radius 1 is 0.889 bits per heavy atom. The van der Waals surface area contributed by atoms with Crippen molar-refractivity contribution in [2.24, 2.45) is 10.8 Å². The number of halogens is 2. The van der Waals surface area contributed by atoms with Crippen molar-refractivity contribution < 1.29 is 19.8 Å². The molecule has 2 spiro atoms. The van der Waals surface area contributed by atoms with Crippen molar-refractivity contribution in [2.75, 3.05) is 36.0 Å². The van der Waals surface area contributed by atoms with Gasteiger partial charge >= 0.3 is 11.9 Å². The number of aromatic nitrogens is 2. The minimum atomic E-state index is -0.991. The van der Waals surface area contributed by atoms with Crippen LogP contribution in [-0.2, 0) is 0 Å². The molecule has 2 N–H and O–H groups in total. The quantitative estimate of drug-likeness (QED) is 0.454. The molecule has 4 fully saturated rings. The van der Waals surface area contributed by atoms with E-state index in [0.29, 0.717) is 39.9 Å². The van der Waals surface area contributed by atoms with Gasteiger partial charge in [0, 0.05) is 26.2 Å². The number of carbonyl (C=O) groups is 2. The lowest BCUT2D eigenvalue weighted by Crippen LogP contribution is -2.37. The SMILES string of the molecule is O=C(O)c1ccc(Br)nc1N1CCC2(CC1)CC2c1cc(C(=O)O)c(N2CCC3(CC2)CC3)nc1Cl. The maximum absolute atomic E-state index is 12.2. The molecule has 0 bridgehead atoms. The number of aromatic carboxylic acids is 2. The summed E-state index contributed by atoms with van der Waals surface area (Å²) in [5, 5.41) is 20.0. The third-order valence-electron chi connectivity index (χ3n) is 8.99. The summed E-state index contributed by atoms with van der Waals surface area (Å²) in [6.07, 6.45) is 7.41. The van der Waals surface area contributed by atoms with Gasteiger partial charge in [0.05, 0.1) is 0 Å². The van der Waals surface area contributed by atoms with E-state index < -0.39 is 11.9 Å². The first-order valence-electron chi connectivity index (χ1n) is 12.5. The van der Waals surface area contributed by atoms with E-state index in [1.165, 1.54) is 12.8 Å². The zero-order valence-electron chi connectivity index (χ0n) is 19.8. The zero-order valence-corrected chi connectivity index (χ0v) is 22.2. The van der Waals surface area contributed by atoms with E-state index >= 15 is 0 Å². The number of nitrogens with zero attached hydrogens (tertiary/aromatic N) is 4. The molecule has 4 heterocycles. The van der Waals surface area contributed by atoms with Crippen molar-refractivity contribution >= 4 is 51.1 Å². The highest BCUT2D eigenvalue weighted by molar-refractivity contribution is 9.10. The van der Waals surface area contributed by atoms with E-state index in [-0.39, 0.29) is 22.5 Å². The molecule has 2 saturated carbocycles. The van der Waals surface area contributed by atoms with Crippen molar-refractivity contribution in [1.82, 2.24) is 9.97 Å². The molecule has 2 saturated heterocycles. The van der Waals surface area contributed by atoms with Crippen molar-refractivity contribution in [3.8, 4) is 0 Å². The minimum Gasteiger partial charge on any atom is -0.478 e. The maximum atomic E-state index is 12.2. The molecule has 190 valence electrons. The summed E-state index contributed by atoms with van der Waals surface area (Å²) in [4.78, 5) is 37.1. The van der Waals surface area contributed by atoms with E-state index in [4.69, 9.17) is 11.6 Å². The second kappa shape index (κ2) is 8.58. The molecular formula is C26H28BrClN4O4. The highest BCUT2D eigenvalue weighted by Crippen LogP contribution is 2.66. The molecule has 2 aliphatic carbocycles. The van der Waals surface area contributed by atoms with Gasteiger partial charge in [-0.3, -0.25) is 0 Å². The van der Waals surface area contributed by atoms with Crippen LogP contribution < -0.4 is 9.80 Å². The van der Waals surface area contributed by atoms with Gasteiger partial charge in [0.25, 0.3) is 0 Å². The molecule has 1 unspecified atom stereocenters. The van der Waals surface area contributed by atoms with Gasteiger partial charge in [-0.1, -0.05) is 11.6 Å². The van der Waals surface area contributed by atoms with E-state index in [0.717, 1.165) is 50.8 Å². The Morgan fingerprint density at radius 3 is 2.06 bits per heavy atom. The predicted molar refractivity (Wildman–Crippen MR) is 139 cm³/mol. The van der Waals surface area contributed by atoms with Crippen molar-refractivity contribution in [1.29, 1.82) is 0 Å². The predicted octanol–water partition coefficient (Wildman–Crippen LogP) is 5.44. The van der Waals surface area contributed by atoms with Crippen molar-refractivity contribution in [2.45, 2.75) is 50.9 Å². The fourth-order valence-electron chi connectivity index (χ4n) is 6.35. The number of hydrogen-bond donors (Lipinski definition) is 2. The Morgan fingerprint density at radius 2 is 1.47 bits per heavy atom. The van der Waals surface area contributed by atoms with E-state index in [2.05, 4.69) is 30.8 Å². The summed E-state index contributed by atoms with van der Waals surface area (Å²) in [7, 11) is 0.